The third-order valence-electron chi connectivity index (χ3n) is 2.03. The number of nitrogens with one attached hydrogen (secondary N) is 1. The Morgan fingerprint density at radius 1 is 1.33 bits per heavy atom. The number of hydrogen-bond donors (Lipinski definition) is 1. The predicted molar refractivity (Wildman–Crippen MR) is 62.8 cm³/mol. The molecule has 2 aromatic rings. The second-order valence-electron chi connectivity index (χ2n) is 3.38. The van der Waals surface area contributed by atoms with E-state index in [2.05, 4.69) is 10.5 Å². The van der Waals surface area contributed by atoms with E-state index in [0.29, 0.717) is 18.1 Å². The summed E-state index contributed by atoms with van der Waals surface area (Å²) in [5.74, 6) is 0.969. The molecule has 94 valence electrons. The zero-order chi connectivity index (χ0) is 12.6. The lowest BCUT2D eigenvalue weighted by Crippen LogP contribution is -2.26. The van der Waals surface area contributed by atoms with Gasteiger partial charge in [-0.25, -0.2) is 0 Å². The number of nitrogens with zero attached hydrogens (tertiary/aromatic N) is 1. The Labute approximate surface area is 103 Å². The van der Waals surface area contributed by atoms with Crippen LogP contribution in [0.3, 0.4) is 0 Å². The molecule has 6 heteroatoms. The third kappa shape index (κ3) is 3.82. The zero-order valence-corrected chi connectivity index (χ0v) is 9.54. The number of amides is 1. The number of hydrogen-bond acceptors (Lipinski definition) is 5. The van der Waals surface area contributed by atoms with Gasteiger partial charge in [-0.3, -0.25) is 4.79 Å². The minimum Gasteiger partial charge on any atom is -0.467 e. The SMILES string of the molecule is O=C(CO/N=C/c1ccco1)NCc1ccco1. The van der Waals surface area contributed by atoms with Crippen LogP contribution in [0, 0.1) is 0 Å². The molecule has 0 saturated carbocycles. The number of carbonyl (C=O) groups excluding carboxylic acids is 1. The van der Waals surface area contributed by atoms with Gasteiger partial charge in [0.1, 0.15) is 17.7 Å². The normalized spacial score (nSPS) is 10.7. The second kappa shape index (κ2) is 6.29. The fraction of sp³-hybridized carbons (Fsp3) is 0.167. The molecule has 0 fully saturated rings. The van der Waals surface area contributed by atoms with Gasteiger partial charge in [0.25, 0.3) is 5.91 Å². The summed E-state index contributed by atoms with van der Waals surface area (Å²) in [6.45, 7) is 0.176. The van der Waals surface area contributed by atoms with Crippen LogP contribution in [0.25, 0.3) is 0 Å². The van der Waals surface area contributed by atoms with Crippen LogP contribution in [0.5, 0.6) is 0 Å². The van der Waals surface area contributed by atoms with Crippen molar-refractivity contribution in [2.24, 2.45) is 5.16 Å². The van der Waals surface area contributed by atoms with Gasteiger partial charge in [0.2, 0.25) is 0 Å². The summed E-state index contributed by atoms with van der Waals surface area (Å²) in [6.07, 6.45) is 4.46. The fourth-order valence-electron chi connectivity index (χ4n) is 1.20. The predicted octanol–water partition coefficient (Wildman–Crippen LogP) is 1.54. The Balaban J connectivity index is 1.63. The Kier molecular flexibility index (Phi) is 4.18. The first-order valence-corrected chi connectivity index (χ1v) is 5.32. The highest BCUT2D eigenvalue weighted by atomic mass is 16.6. The van der Waals surface area contributed by atoms with E-state index in [9.17, 15) is 4.79 Å². The maximum Gasteiger partial charge on any atom is 0.261 e. The summed E-state index contributed by atoms with van der Waals surface area (Å²) < 4.78 is 10.1. The molecule has 0 aliphatic rings. The number of rotatable bonds is 6. The van der Waals surface area contributed by atoms with E-state index in [-0.39, 0.29) is 12.5 Å². The van der Waals surface area contributed by atoms with Crippen molar-refractivity contribution in [3.05, 3.63) is 48.3 Å². The van der Waals surface area contributed by atoms with Crippen LogP contribution in [0.15, 0.2) is 50.8 Å². The molecule has 0 saturated heterocycles. The molecule has 0 bridgehead atoms. The summed E-state index contributed by atoms with van der Waals surface area (Å²) in [6, 6.07) is 6.99. The van der Waals surface area contributed by atoms with Crippen molar-refractivity contribution >= 4 is 12.1 Å². The molecule has 0 atom stereocenters. The highest BCUT2D eigenvalue weighted by molar-refractivity contribution is 5.77. The smallest absolute Gasteiger partial charge is 0.261 e. The van der Waals surface area contributed by atoms with E-state index in [1.165, 1.54) is 12.5 Å². The van der Waals surface area contributed by atoms with Gasteiger partial charge in [-0.05, 0) is 24.3 Å². The van der Waals surface area contributed by atoms with Gasteiger partial charge in [0, 0.05) is 0 Å². The first-order valence-electron chi connectivity index (χ1n) is 5.32. The van der Waals surface area contributed by atoms with Crippen LogP contribution >= 0.6 is 0 Å². The van der Waals surface area contributed by atoms with E-state index in [4.69, 9.17) is 13.7 Å². The minimum absolute atomic E-state index is 0.155. The molecule has 6 nitrogen and oxygen atoms in total. The van der Waals surface area contributed by atoms with Gasteiger partial charge < -0.3 is 19.0 Å². The Bertz CT molecular complexity index is 488. The van der Waals surface area contributed by atoms with Crippen molar-refractivity contribution in [3.63, 3.8) is 0 Å². The number of furan rings is 2. The zero-order valence-electron chi connectivity index (χ0n) is 9.54. The molecule has 0 spiro atoms. The fourth-order valence-corrected chi connectivity index (χ4v) is 1.20. The third-order valence-corrected chi connectivity index (χ3v) is 2.03. The Morgan fingerprint density at radius 2 is 2.17 bits per heavy atom. The van der Waals surface area contributed by atoms with Gasteiger partial charge in [0.15, 0.2) is 6.61 Å². The summed E-state index contributed by atoms with van der Waals surface area (Å²) in [5.41, 5.74) is 0. The molecule has 0 aliphatic heterocycles. The van der Waals surface area contributed by atoms with Gasteiger partial charge in [-0.2, -0.15) is 0 Å². The van der Waals surface area contributed by atoms with Crippen molar-refractivity contribution in [3.8, 4) is 0 Å². The molecule has 2 heterocycles. The summed E-state index contributed by atoms with van der Waals surface area (Å²) in [4.78, 5) is 16.1. The molecule has 0 radical (unpaired) electrons. The van der Waals surface area contributed by atoms with Crippen molar-refractivity contribution in [2.45, 2.75) is 6.54 Å². The molecule has 18 heavy (non-hydrogen) atoms. The maximum absolute atomic E-state index is 11.3. The molecule has 1 N–H and O–H groups in total. The lowest BCUT2D eigenvalue weighted by atomic mass is 10.4. The first kappa shape index (κ1) is 12.0. The summed E-state index contributed by atoms with van der Waals surface area (Å²) in [5, 5.41) is 6.22. The molecule has 0 aliphatic carbocycles. The van der Waals surface area contributed by atoms with Gasteiger partial charge in [-0.15, -0.1) is 0 Å². The highest BCUT2D eigenvalue weighted by Crippen LogP contribution is 1.98. The van der Waals surface area contributed by atoms with Crippen molar-refractivity contribution in [2.75, 3.05) is 6.61 Å². The summed E-state index contributed by atoms with van der Waals surface area (Å²) >= 11 is 0. The molecule has 2 aromatic heterocycles. The number of carbonyl (C=O) groups is 1. The van der Waals surface area contributed by atoms with E-state index in [1.807, 2.05) is 0 Å². The average molecular weight is 248 g/mol. The Hall–Kier alpha value is -2.50. The second-order valence-corrected chi connectivity index (χ2v) is 3.38. The van der Waals surface area contributed by atoms with Gasteiger partial charge >= 0.3 is 0 Å². The van der Waals surface area contributed by atoms with Crippen molar-refractivity contribution in [1.82, 2.24) is 5.32 Å². The van der Waals surface area contributed by atoms with E-state index in [0.717, 1.165) is 0 Å². The van der Waals surface area contributed by atoms with Crippen LogP contribution in [0.2, 0.25) is 0 Å². The van der Waals surface area contributed by atoms with Crippen molar-refractivity contribution < 1.29 is 18.5 Å². The molecular weight excluding hydrogens is 236 g/mol. The van der Waals surface area contributed by atoms with Gasteiger partial charge in [-0.1, -0.05) is 5.16 Å². The van der Waals surface area contributed by atoms with Crippen LogP contribution in [0.1, 0.15) is 11.5 Å². The average Bonchev–Trinajstić information content (AvgIpc) is 3.04. The lowest BCUT2D eigenvalue weighted by molar-refractivity contribution is -0.125. The first-order chi connectivity index (χ1) is 8.84. The van der Waals surface area contributed by atoms with Gasteiger partial charge in [0.05, 0.1) is 19.1 Å². The number of oxime groups is 1. The standard InChI is InChI=1S/C12H12N2O4/c15-12(13-7-10-3-1-5-16-10)9-18-14-8-11-4-2-6-17-11/h1-6,8H,7,9H2,(H,13,15)/b14-8+. The topological polar surface area (TPSA) is 77.0 Å². The molecule has 1 amide bonds. The van der Waals surface area contributed by atoms with E-state index < -0.39 is 0 Å². The lowest BCUT2D eigenvalue weighted by Gasteiger charge is -2.01. The monoisotopic (exact) mass is 248 g/mol. The van der Waals surface area contributed by atoms with Crippen molar-refractivity contribution in [1.29, 1.82) is 0 Å². The molecule has 0 aromatic carbocycles. The van der Waals surface area contributed by atoms with Crippen LogP contribution in [-0.2, 0) is 16.2 Å². The largest absolute Gasteiger partial charge is 0.467 e. The van der Waals surface area contributed by atoms with Crippen LogP contribution < -0.4 is 5.32 Å². The van der Waals surface area contributed by atoms with Crippen LogP contribution in [0.4, 0.5) is 0 Å². The van der Waals surface area contributed by atoms with E-state index in [1.54, 1.807) is 30.5 Å². The highest BCUT2D eigenvalue weighted by Gasteiger charge is 2.02. The maximum atomic E-state index is 11.3. The molecule has 2 rings (SSSR count). The van der Waals surface area contributed by atoms with E-state index >= 15 is 0 Å². The van der Waals surface area contributed by atoms with Crippen LogP contribution in [-0.4, -0.2) is 18.7 Å². The Morgan fingerprint density at radius 3 is 2.89 bits per heavy atom. The minimum atomic E-state index is -0.275. The summed E-state index contributed by atoms with van der Waals surface area (Å²) in [7, 11) is 0. The molecule has 0 unspecified atom stereocenters. The quantitative estimate of drug-likeness (QED) is 0.621. The molecular formula is C12H12N2O4.